The van der Waals surface area contributed by atoms with Gasteiger partial charge < -0.3 is 4.57 Å². The number of benzene rings is 1. The Bertz CT molecular complexity index is 942. The van der Waals surface area contributed by atoms with Gasteiger partial charge in [0.1, 0.15) is 6.07 Å². The van der Waals surface area contributed by atoms with E-state index in [-0.39, 0.29) is 0 Å². The van der Waals surface area contributed by atoms with E-state index >= 15 is 0 Å². The molecule has 0 bridgehead atoms. The Morgan fingerprint density at radius 3 is 3.04 bits per heavy atom. The second kappa shape index (κ2) is 4.56. The van der Waals surface area contributed by atoms with Crippen LogP contribution in [0.25, 0.3) is 11.3 Å². The van der Waals surface area contributed by atoms with Gasteiger partial charge in [0.25, 0.3) is 0 Å². The van der Waals surface area contributed by atoms with Crippen molar-refractivity contribution in [3.63, 3.8) is 0 Å². The summed E-state index contributed by atoms with van der Waals surface area (Å²) in [5.74, 6) is 0.461. The summed E-state index contributed by atoms with van der Waals surface area (Å²) in [5.41, 5.74) is 5.66. The summed E-state index contributed by atoms with van der Waals surface area (Å²) in [6.45, 7) is 0.879. The van der Waals surface area contributed by atoms with Crippen molar-refractivity contribution >= 4 is 0 Å². The third kappa shape index (κ3) is 1.66. The summed E-state index contributed by atoms with van der Waals surface area (Å²) in [4.78, 5) is 4.35. The standard InChI is InChI=1S/C18H15N5/c19-8-13-9-21-23-6-5-12(7-16(13)23)18-15-4-2-1-3-14(15)17-10-20-11-22(17)18/h1-4,9-12,18H,5-7H2. The van der Waals surface area contributed by atoms with Gasteiger partial charge in [0.15, 0.2) is 0 Å². The van der Waals surface area contributed by atoms with Crippen LogP contribution in [0.3, 0.4) is 0 Å². The molecule has 0 amide bonds. The van der Waals surface area contributed by atoms with E-state index in [0.717, 1.165) is 25.1 Å². The second-order valence-electron chi connectivity index (χ2n) is 6.31. The zero-order valence-corrected chi connectivity index (χ0v) is 12.6. The fraction of sp³-hybridized carbons (Fsp3) is 0.278. The molecular formula is C18H15N5. The molecule has 2 unspecified atom stereocenters. The minimum Gasteiger partial charge on any atom is -0.323 e. The zero-order valence-electron chi connectivity index (χ0n) is 12.6. The van der Waals surface area contributed by atoms with Gasteiger partial charge in [-0.1, -0.05) is 24.3 Å². The molecule has 0 radical (unpaired) electrons. The number of nitrogens with zero attached hydrogens (tertiary/aromatic N) is 5. The summed E-state index contributed by atoms with van der Waals surface area (Å²) in [6.07, 6.45) is 7.54. The van der Waals surface area contributed by atoms with E-state index in [9.17, 15) is 5.26 Å². The largest absolute Gasteiger partial charge is 0.323 e. The first-order valence-electron chi connectivity index (χ1n) is 7.92. The number of aromatic nitrogens is 4. The van der Waals surface area contributed by atoms with E-state index in [1.165, 1.54) is 16.8 Å². The van der Waals surface area contributed by atoms with Gasteiger partial charge in [-0.05, 0) is 24.3 Å². The zero-order chi connectivity index (χ0) is 15.4. The third-order valence-corrected chi connectivity index (χ3v) is 5.20. The van der Waals surface area contributed by atoms with Crippen molar-refractivity contribution < 1.29 is 0 Å². The predicted octanol–water partition coefficient (Wildman–Crippen LogP) is 2.78. The Morgan fingerprint density at radius 1 is 1.22 bits per heavy atom. The van der Waals surface area contributed by atoms with Crippen molar-refractivity contribution in [3.05, 3.63) is 59.8 Å². The van der Waals surface area contributed by atoms with Crippen LogP contribution in [0.1, 0.15) is 29.3 Å². The smallest absolute Gasteiger partial charge is 0.103 e. The summed E-state index contributed by atoms with van der Waals surface area (Å²) in [5, 5.41) is 13.6. The van der Waals surface area contributed by atoms with Crippen LogP contribution >= 0.6 is 0 Å². The van der Waals surface area contributed by atoms with E-state index in [0.29, 0.717) is 17.5 Å². The van der Waals surface area contributed by atoms with Gasteiger partial charge in [0.05, 0.1) is 41.7 Å². The molecule has 2 aliphatic rings. The van der Waals surface area contributed by atoms with E-state index in [1.54, 1.807) is 6.20 Å². The van der Waals surface area contributed by atoms with E-state index in [4.69, 9.17) is 0 Å². The van der Waals surface area contributed by atoms with Gasteiger partial charge in [-0.15, -0.1) is 0 Å². The Morgan fingerprint density at radius 2 is 2.13 bits per heavy atom. The molecule has 2 aromatic heterocycles. The molecule has 0 saturated heterocycles. The third-order valence-electron chi connectivity index (χ3n) is 5.20. The molecule has 0 fully saturated rings. The highest BCUT2D eigenvalue weighted by molar-refractivity contribution is 5.69. The molecule has 1 aromatic carbocycles. The number of aryl methyl sites for hydroxylation is 1. The number of hydrogen-bond donors (Lipinski definition) is 0. The minimum absolute atomic E-state index is 0.305. The Labute approximate surface area is 133 Å². The first kappa shape index (κ1) is 12.7. The number of imidazole rings is 1. The molecule has 0 spiro atoms. The Kier molecular flexibility index (Phi) is 2.51. The minimum atomic E-state index is 0.305. The van der Waals surface area contributed by atoms with E-state index in [2.05, 4.69) is 45.0 Å². The monoisotopic (exact) mass is 301 g/mol. The highest BCUT2D eigenvalue weighted by Crippen LogP contribution is 2.45. The highest BCUT2D eigenvalue weighted by Gasteiger charge is 2.36. The van der Waals surface area contributed by atoms with Gasteiger partial charge in [-0.2, -0.15) is 10.4 Å². The van der Waals surface area contributed by atoms with Crippen molar-refractivity contribution in [1.29, 1.82) is 5.26 Å². The molecule has 5 rings (SSSR count). The molecule has 5 heteroatoms. The molecule has 2 aliphatic heterocycles. The molecule has 0 saturated carbocycles. The molecule has 4 heterocycles. The van der Waals surface area contributed by atoms with Gasteiger partial charge >= 0.3 is 0 Å². The van der Waals surface area contributed by atoms with Crippen LogP contribution < -0.4 is 0 Å². The fourth-order valence-corrected chi connectivity index (χ4v) is 4.17. The quantitative estimate of drug-likeness (QED) is 0.694. The lowest BCUT2D eigenvalue weighted by atomic mass is 9.84. The van der Waals surface area contributed by atoms with Gasteiger partial charge in [-0.3, -0.25) is 4.68 Å². The summed E-state index contributed by atoms with van der Waals surface area (Å²) >= 11 is 0. The van der Waals surface area contributed by atoms with Crippen LogP contribution in [0.2, 0.25) is 0 Å². The maximum Gasteiger partial charge on any atom is 0.103 e. The van der Waals surface area contributed by atoms with Gasteiger partial charge in [0.2, 0.25) is 0 Å². The average Bonchev–Trinajstić information content (AvgIpc) is 3.27. The molecule has 23 heavy (non-hydrogen) atoms. The van der Waals surface area contributed by atoms with Crippen LogP contribution in [0, 0.1) is 17.2 Å². The first-order chi connectivity index (χ1) is 11.4. The summed E-state index contributed by atoms with van der Waals surface area (Å²) < 4.78 is 4.29. The Hall–Kier alpha value is -2.87. The molecular weight excluding hydrogens is 286 g/mol. The average molecular weight is 301 g/mol. The number of hydrogen-bond acceptors (Lipinski definition) is 3. The van der Waals surface area contributed by atoms with Crippen LogP contribution in [0.5, 0.6) is 0 Å². The Balaban J connectivity index is 1.60. The van der Waals surface area contributed by atoms with Crippen molar-refractivity contribution in [3.8, 4) is 17.3 Å². The number of nitriles is 1. The summed E-state index contributed by atoms with van der Waals surface area (Å²) in [6, 6.07) is 11.2. The SMILES string of the molecule is N#Cc1cnn2c1CC(C1c3ccccc3-c3cncn31)CC2. The fourth-order valence-electron chi connectivity index (χ4n) is 4.17. The van der Waals surface area contributed by atoms with Crippen molar-refractivity contribution in [2.45, 2.75) is 25.4 Å². The molecule has 0 N–H and O–H groups in total. The molecule has 112 valence electrons. The van der Waals surface area contributed by atoms with Crippen LogP contribution in [0.4, 0.5) is 0 Å². The second-order valence-corrected chi connectivity index (χ2v) is 6.31. The predicted molar refractivity (Wildman–Crippen MR) is 84.6 cm³/mol. The van der Waals surface area contributed by atoms with Crippen LogP contribution in [-0.4, -0.2) is 19.3 Å². The number of rotatable bonds is 1. The molecule has 2 atom stereocenters. The highest BCUT2D eigenvalue weighted by atomic mass is 15.3. The van der Waals surface area contributed by atoms with Crippen LogP contribution in [0.15, 0.2) is 43.0 Å². The molecule has 5 nitrogen and oxygen atoms in total. The van der Waals surface area contributed by atoms with Crippen molar-refractivity contribution in [2.75, 3.05) is 0 Å². The van der Waals surface area contributed by atoms with Crippen molar-refractivity contribution in [1.82, 2.24) is 19.3 Å². The van der Waals surface area contributed by atoms with E-state index < -0.39 is 0 Å². The molecule has 0 aliphatic carbocycles. The van der Waals surface area contributed by atoms with Crippen LogP contribution in [-0.2, 0) is 13.0 Å². The maximum atomic E-state index is 9.30. The lowest BCUT2D eigenvalue weighted by Gasteiger charge is -2.30. The normalized spacial score (nSPS) is 21.3. The number of fused-ring (bicyclic) bond motifs is 4. The van der Waals surface area contributed by atoms with Gasteiger partial charge in [-0.25, -0.2) is 4.98 Å². The lowest BCUT2D eigenvalue weighted by Crippen LogP contribution is -2.27. The first-order valence-corrected chi connectivity index (χ1v) is 7.92. The topological polar surface area (TPSA) is 59.4 Å². The molecule has 3 aromatic rings. The van der Waals surface area contributed by atoms with Crippen molar-refractivity contribution in [2.24, 2.45) is 5.92 Å². The summed E-state index contributed by atoms with van der Waals surface area (Å²) in [7, 11) is 0. The van der Waals surface area contributed by atoms with E-state index in [1.807, 2.05) is 17.2 Å². The van der Waals surface area contributed by atoms with Gasteiger partial charge in [0, 0.05) is 12.1 Å². The lowest BCUT2D eigenvalue weighted by molar-refractivity contribution is 0.297. The maximum absolute atomic E-state index is 9.30.